The maximum atomic E-state index is 11.5. The summed E-state index contributed by atoms with van der Waals surface area (Å²) < 4.78 is 0. The van der Waals surface area contributed by atoms with Crippen molar-refractivity contribution in [3.05, 3.63) is 65.9 Å². The van der Waals surface area contributed by atoms with Crippen LogP contribution < -0.4 is 10.7 Å². The van der Waals surface area contributed by atoms with Gasteiger partial charge < -0.3 is 0 Å². The fourth-order valence-electron chi connectivity index (χ4n) is 2.04. The Bertz CT molecular complexity index is 993. The molecule has 0 fully saturated rings. The van der Waals surface area contributed by atoms with E-state index in [0.717, 1.165) is 10.8 Å². The molecule has 0 aromatic carbocycles. The van der Waals surface area contributed by atoms with Gasteiger partial charge in [0, 0.05) is 43.0 Å². The Labute approximate surface area is 143 Å². The number of allylic oxidation sites excluding steroid dienone is 5. The molecule has 25 heavy (non-hydrogen) atoms. The van der Waals surface area contributed by atoms with Crippen LogP contribution in [0.2, 0.25) is 0 Å². The number of aliphatic imine (C=N–C) groups is 3. The normalized spacial score (nSPS) is 21.8. The average molecular weight is 330 g/mol. The minimum absolute atomic E-state index is 0.224. The van der Waals surface area contributed by atoms with Gasteiger partial charge in [0.2, 0.25) is 5.91 Å². The van der Waals surface area contributed by atoms with E-state index in [-0.39, 0.29) is 12.3 Å². The quantitative estimate of drug-likeness (QED) is 0.715. The van der Waals surface area contributed by atoms with Crippen LogP contribution in [0.4, 0.5) is 5.82 Å². The summed E-state index contributed by atoms with van der Waals surface area (Å²) in [5.74, 6) is 0.338. The molecule has 1 aromatic rings. The molecule has 3 heterocycles. The lowest BCUT2D eigenvalue weighted by Crippen LogP contribution is -2.30. The van der Waals surface area contributed by atoms with Crippen LogP contribution in [-0.2, 0) is 4.79 Å². The Hall–Kier alpha value is -3.61. The molecule has 0 spiro atoms. The third-order valence-corrected chi connectivity index (χ3v) is 3.16. The van der Waals surface area contributed by atoms with Crippen molar-refractivity contribution in [2.75, 3.05) is 0 Å². The first kappa shape index (κ1) is 16.3. The predicted molar refractivity (Wildman–Crippen MR) is 97.5 cm³/mol. The highest BCUT2D eigenvalue weighted by atomic mass is 16.1. The Morgan fingerprint density at radius 3 is 2.76 bits per heavy atom. The third kappa shape index (κ3) is 4.44. The number of rotatable bonds is 0. The van der Waals surface area contributed by atoms with Crippen LogP contribution in [0.25, 0.3) is 5.57 Å². The molecule has 0 atom stereocenters. The van der Waals surface area contributed by atoms with Crippen molar-refractivity contribution in [3.8, 4) is 0 Å². The molecule has 7 heteroatoms. The van der Waals surface area contributed by atoms with Gasteiger partial charge in [0.15, 0.2) is 11.3 Å². The van der Waals surface area contributed by atoms with Gasteiger partial charge in [0.05, 0.1) is 5.22 Å². The van der Waals surface area contributed by atoms with Crippen molar-refractivity contribution in [2.24, 2.45) is 20.0 Å². The van der Waals surface area contributed by atoms with E-state index in [0.29, 0.717) is 11.3 Å². The van der Waals surface area contributed by atoms with Crippen LogP contribution in [0.1, 0.15) is 6.42 Å². The van der Waals surface area contributed by atoms with Crippen molar-refractivity contribution in [2.45, 2.75) is 6.42 Å². The molecule has 7 nitrogen and oxygen atoms in total. The van der Waals surface area contributed by atoms with Gasteiger partial charge in [-0.2, -0.15) is 0 Å². The Balaban J connectivity index is 2.03. The van der Waals surface area contributed by atoms with Gasteiger partial charge in [-0.3, -0.25) is 9.79 Å². The molecule has 122 valence electrons. The lowest BCUT2D eigenvalue weighted by Gasteiger charge is -1.90. The zero-order chi connectivity index (χ0) is 17.3. The van der Waals surface area contributed by atoms with Crippen molar-refractivity contribution in [3.63, 3.8) is 0 Å². The van der Waals surface area contributed by atoms with Crippen LogP contribution in [-0.4, -0.2) is 34.5 Å². The fraction of sp³-hybridized carbons (Fsp3) is 0.0556. The zero-order valence-corrected chi connectivity index (χ0v) is 13.2. The van der Waals surface area contributed by atoms with Gasteiger partial charge in [-0.25, -0.2) is 24.9 Å². The molecule has 0 saturated heterocycles. The summed E-state index contributed by atoms with van der Waals surface area (Å²) in [6.45, 7) is 0. The van der Waals surface area contributed by atoms with Crippen LogP contribution in [0.15, 0.2) is 75.2 Å². The SMILES string of the molecule is O=C1C/C=C/C=C/C=C/N=c2ncnc3c2=C(C=N/C=C/C=N1)C=N3. The molecule has 0 N–H and O–H groups in total. The van der Waals surface area contributed by atoms with Crippen molar-refractivity contribution < 1.29 is 4.79 Å². The number of carbonyl (C=O) groups excluding carboxylic acids is 1. The van der Waals surface area contributed by atoms with Gasteiger partial charge in [-0.05, 0) is 12.2 Å². The summed E-state index contributed by atoms with van der Waals surface area (Å²) in [7, 11) is 0. The second-order valence-corrected chi connectivity index (χ2v) is 4.89. The van der Waals surface area contributed by atoms with E-state index >= 15 is 0 Å². The molecule has 0 unspecified atom stereocenters. The highest BCUT2D eigenvalue weighted by molar-refractivity contribution is 6.30. The number of carbonyl (C=O) groups is 1. The summed E-state index contributed by atoms with van der Waals surface area (Å²) in [5, 5.41) is 0.734. The van der Waals surface area contributed by atoms with Crippen molar-refractivity contribution >= 4 is 35.9 Å². The first-order valence-corrected chi connectivity index (χ1v) is 7.55. The number of hydrogen-bond acceptors (Lipinski definition) is 6. The number of aromatic nitrogens is 2. The van der Waals surface area contributed by atoms with Crippen molar-refractivity contribution in [1.29, 1.82) is 0 Å². The van der Waals surface area contributed by atoms with E-state index in [9.17, 15) is 4.79 Å². The second kappa shape index (κ2) is 8.30. The van der Waals surface area contributed by atoms with Gasteiger partial charge in [0.1, 0.15) is 6.33 Å². The molecular weight excluding hydrogens is 316 g/mol. The Morgan fingerprint density at radius 1 is 0.880 bits per heavy atom. The summed E-state index contributed by atoms with van der Waals surface area (Å²) in [5.41, 5.74) is 1.29. The minimum atomic E-state index is -0.224. The van der Waals surface area contributed by atoms with E-state index in [1.54, 1.807) is 42.9 Å². The molecule has 1 aromatic heterocycles. The monoisotopic (exact) mass is 330 g/mol. The number of amides is 1. The number of hydrogen-bond donors (Lipinski definition) is 0. The van der Waals surface area contributed by atoms with E-state index in [2.05, 4.69) is 29.9 Å². The van der Waals surface area contributed by atoms with Gasteiger partial charge in [-0.1, -0.05) is 24.3 Å². The summed E-state index contributed by atoms with van der Waals surface area (Å²) >= 11 is 0. The Kier molecular flexibility index (Phi) is 5.40. The molecule has 0 saturated carbocycles. The standard InChI is InChI=1S/C18H14N6O/c25-15-7-4-2-1-3-5-9-21-17-16-14(11-19-8-6-10-20-15)12-22-18(16)24-13-23-17/h1-6,8-13H,7H2/b3-1+,4-2+,8-6+,9-5+,19-11?,20-10?,21-17?. The van der Waals surface area contributed by atoms with E-state index in [1.807, 2.05) is 12.2 Å². The molecule has 2 aliphatic heterocycles. The van der Waals surface area contributed by atoms with Crippen LogP contribution in [0.3, 0.4) is 0 Å². The molecule has 0 aliphatic carbocycles. The van der Waals surface area contributed by atoms with Gasteiger partial charge in [-0.15, -0.1) is 0 Å². The first-order valence-electron chi connectivity index (χ1n) is 7.55. The average Bonchev–Trinajstić information content (AvgIpc) is 3.03. The topological polar surface area (TPSA) is 92.3 Å². The maximum absolute atomic E-state index is 11.5. The highest BCUT2D eigenvalue weighted by Gasteiger charge is 2.08. The third-order valence-electron chi connectivity index (χ3n) is 3.16. The summed E-state index contributed by atoms with van der Waals surface area (Å²) in [4.78, 5) is 36.4. The Morgan fingerprint density at radius 2 is 1.80 bits per heavy atom. The van der Waals surface area contributed by atoms with E-state index in [1.165, 1.54) is 18.7 Å². The van der Waals surface area contributed by atoms with E-state index in [4.69, 9.17) is 0 Å². The predicted octanol–water partition coefficient (Wildman–Crippen LogP) is 1.17. The molecule has 1 amide bonds. The molecule has 2 aliphatic rings. The zero-order valence-electron chi connectivity index (χ0n) is 13.2. The smallest absolute Gasteiger partial charge is 0.249 e. The molecule has 0 radical (unpaired) electrons. The van der Waals surface area contributed by atoms with Crippen LogP contribution >= 0.6 is 0 Å². The van der Waals surface area contributed by atoms with Crippen molar-refractivity contribution in [1.82, 2.24) is 9.97 Å². The molecular formula is C18H14N6O. The lowest BCUT2D eigenvalue weighted by atomic mass is 10.2. The first-order chi connectivity index (χ1) is 12.3. The number of nitrogens with zero attached hydrogens (tertiary/aromatic N) is 6. The summed E-state index contributed by atoms with van der Waals surface area (Å²) in [6.07, 6.45) is 20.1. The fourth-order valence-corrected chi connectivity index (χ4v) is 2.04. The highest BCUT2D eigenvalue weighted by Crippen LogP contribution is 2.04. The van der Waals surface area contributed by atoms with Crippen LogP contribution in [0.5, 0.6) is 0 Å². The lowest BCUT2D eigenvalue weighted by molar-refractivity contribution is -0.116. The summed E-state index contributed by atoms with van der Waals surface area (Å²) in [6, 6.07) is 0. The minimum Gasteiger partial charge on any atom is -0.272 e. The maximum Gasteiger partial charge on any atom is 0.249 e. The van der Waals surface area contributed by atoms with Crippen LogP contribution in [0, 0.1) is 0 Å². The molecule has 0 bridgehead atoms. The second-order valence-electron chi connectivity index (χ2n) is 4.89. The van der Waals surface area contributed by atoms with Gasteiger partial charge >= 0.3 is 0 Å². The largest absolute Gasteiger partial charge is 0.272 e. The molecule has 3 rings (SSSR count). The van der Waals surface area contributed by atoms with Gasteiger partial charge in [0.25, 0.3) is 0 Å². The van der Waals surface area contributed by atoms with E-state index < -0.39 is 0 Å².